The first-order chi connectivity index (χ1) is 8.77. The summed E-state index contributed by atoms with van der Waals surface area (Å²) >= 11 is 0. The molecule has 1 atom stereocenters. The van der Waals surface area contributed by atoms with Crippen molar-refractivity contribution in [1.82, 2.24) is 9.97 Å². The molecule has 1 aromatic heterocycles. The fourth-order valence-electron chi connectivity index (χ4n) is 2.17. The molecule has 5 heteroatoms. The van der Waals surface area contributed by atoms with Crippen molar-refractivity contribution in [2.75, 3.05) is 37.5 Å². The Morgan fingerprint density at radius 1 is 1.33 bits per heavy atom. The van der Waals surface area contributed by atoms with Crippen molar-refractivity contribution in [2.45, 2.75) is 31.8 Å². The Bertz CT molecular complexity index is 364. The standard InChI is InChI=1S/C13H22N4O/c1-17(2)13-12(15-8-9-16-13)14-7-6-11-5-3-4-10-18-11/h8-9,11H,3-7,10H2,1-2H3,(H,14,15). The van der Waals surface area contributed by atoms with Crippen LogP contribution in [0.3, 0.4) is 0 Å². The Hall–Kier alpha value is -1.36. The first-order valence-corrected chi connectivity index (χ1v) is 6.61. The van der Waals surface area contributed by atoms with Crippen molar-refractivity contribution in [1.29, 1.82) is 0 Å². The van der Waals surface area contributed by atoms with Crippen LogP contribution in [0.25, 0.3) is 0 Å². The van der Waals surface area contributed by atoms with Crippen molar-refractivity contribution in [3.63, 3.8) is 0 Å². The second-order valence-electron chi connectivity index (χ2n) is 4.83. The van der Waals surface area contributed by atoms with E-state index in [4.69, 9.17) is 4.74 Å². The SMILES string of the molecule is CN(C)c1nccnc1NCCC1CCCCO1. The van der Waals surface area contributed by atoms with Crippen LogP contribution >= 0.6 is 0 Å². The lowest BCUT2D eigenvalue weighted by molar-refractivity contribution is 0.0134. The van der Waals surface area contributed by atoms with Crippen molar-refractivity contribution < 1.29 is 4.74 Å². The first kappa shape index (κ1) is 13.1. The molecule has 0 amide bonds. The smallest absolute Gasteiger partial charge is 0.171 e. The summed E-state index contributed by atoms with van der Waals surface area (Å²) in [5, 5.41) is 3.35. The van der Waals surface area contributed by atoms with E-state index in [9.17, 15) is 0 Å². The van der Waals surface area contributed by atoms with E-state index >= 15 is 0 Å². The van der Waals surface area contributed by atoms with Crippen LogP contribution in [-0.4, -0.2) is 43.3 Å². The van der Waals surface area contributed by atoms with Crippen molar-refractivity contribution in [2.24, 2.45) is 0 Å². The van der Waals surface area contributed by atoms with E-state index in [-0.39, 0.29) is 0 Å². The predicted octanol–water partition coefficient (Wildman–Crippen LogP) is 1.91. The number of aromatic nitrogens is 2. The molecule has 2 rings (SSSR count). The topological polar surface area (TPSA) is 50.3 Å². The molecule has 2 heterocycles. The van der Waals surface area contributed by atoms with Crippen molar-refractivity contribution in [3.8, 4) is 0 Å². The molecule has 18 heavy (non-hydrogen) atoms. The average molecular weight is 250 g/mol. The van der Waals surface area contributed by atoms with Crippen LogP contribution in [0.4, 0.5) is 11.6 Å². The molecular weight excluding hydrogens is 228 g/mol. The molecule has 0 aliphatic carbocycles. The van der Waals surface area contributed by atoms with Gasteiger partial charge in [0.2, 0.25) is 0 Å². The second kappa shape index (κ2) is 6.54. The number of nitrogens with one attached hydrogen (secondary N) is 1. The van der Waals surface area contributed by atoms with Crippen LogP contribution in [0.2, 0.25) is 0 Å². The maximum absolute atomic E-state index is 5.71. The molecule has 1 saturated heterocycles. The zero-order valence-electron chi connectivity index (χ0n) is 11.2. The Morgan fingerprint density at radius 2 is 2.17 bits per heavy atom. The lowest BCUT2D eigenvalue weighted by Crippen LogP contribution is -2.23. The molecule has 0 saturated carbocycles. The third kappa shape index (κ3) is 3.57. The van der Waals surface area contributed by atoms with Crippen molar-refractivity contribution >= 4 is 11.6 Å². The number of rotatable bonds is 5. The number of anilines is 2. The minimum atomic E-state index is 0.408. The van der Waals surface area contributed by atoms with E-state index in [2.05, 4.69) is 15.3 Å². The van der Waals surface area contributed by atoms with Gasteiger partial charge in [0, 0.05) is 39.6 Å². The molecule has 100 valence electrons. The maximum atomic E-state index is 5.71. The Morgan fingerprint density at radius 3 is 2.89 bits per heavy atom. The molecule has 1 fully saturated rings. The Balaban J connectivity index is 1.82. The van der Waals surface area contributed by atoms with Crippen LogP contribution in [0.1, 0.15) is 25.7 Å². The highest BCUT2D eigenvalue weighted by atomic mass is 16.5. The highest BCUT2D eigenvalue weighted by Crippen LogP contribution is 2.19. The molecule has 1 N–H and O–H groups in total. The largest absolute Gasteiger partial charge is 0.378 e. The van der Waals surface area contributed by atoms with Gasteiger partial charge < -0.3 is 15.0 Å². The van der Waals surface area contributed by atoms with Crippen LogP contribution < -0.4 is 10.2 Å². The van der Waals surface area contributed by atoms with Gasteiger partial charge in [0.05, 0.1) is 6.10 Å². The average Bonchev–Trinajstić information content (AvgIpc) is 2.40. The zero-order valence-corrected chi connectivity index (χ0v) is 11.2. The normalized spacial score (nSPS) is 19.6. The van der Waals surface area contributed by atoms with Crippen LogP contribution in [-0.2, 0) is 4.74 Å². The summed E-state index contributed by atoms with van der Waals surface area (Å²) in [6.45, 7) is 1.79. The third-order valence-corrected chi connectivity index (χ3v) is 3.14. The fraction of sp³-hybridized carbons (Fsp3) is 0.692. The highest BCUT2D eigenvalue weighted by Gasteiger charge is 2.14. The van der Waals surface area contributed by atoms with Gasteiger partial charge in [-0.2, -0.15) is 0 Å². The van der Waals surface area contributed by atoms with E-state index in [1.165, 1.54) is 19.3 Å². The van der Waals surface area contributed by atoms with Gasteiger partial charge in [0.15, 0.2) is 11.6 Å². The Kier molecular flexibility index (Phi) is 4.75. The second-order valence-corrected chi connectivity index (χ2v) is 4.83. The zero-order chi connectivity index (χ0) is 12.8. The van der Waals surface area contributed by atoms with E-state index < -0.39 is 0 Å². The number of hydrogen-bond acceptors (Lipinski definition) is 5. The van der Waals surface area contributed by atoms with Gasteiger partial charge in [-0.1, -0.05) is 0 Å². The van der Waals surface area contributed by atoms with E-state index in [1.807, 2.05) is 19.0 Å². The molecule has 0 radical (unpaired) electrons. The monoisotopic (exact) mass is 250 g/mol. The summed E-state index contributed by atoms with van der Waals surface area (Å²) in [4.78, 5) is 10.6. The molecular formula is C13H22N4O. The molecule has 0 aromatic carbocycles. The molecule has 1 aliphatic rings. The van der Waals surface area contributed by atoms with E-state index in [0.29, 0.717) is 6.10 Å². The maximum Gasteiger partial charge on any atom is 0.171 e. The summed E-state index contributed by atoms with van der Waals surface area (Å²) in [5.41, 5.74) is 0. The predicted molar refractivity (Wildman–Crippen MR) is 73.1 cm³/mol. The first-order valence-electron chi connectivity index (χ1n) is 6.61. The quantitative estimate of drug-likeness (QED) is 0.865. The Labute approximate surface area is 109 Å². The van der Waals surface area contributed by atoms with Gasteiger partial charge in [-0.05, 0) is 25.7 Å². The lowest BCUT2D eigenvalue weighted by Gasteiger charge is -2.23. The molecule has 1 aliphatic heterocycles. The van der Waals surface area contributed by atoms with Gasteiger partial charge in [-0.15, -0.1) is 0 Å². The lowest BCUT2D eigenvalue weighted by atomic mass is 10.1. The molecule has 5 nitrogen and oxygen atoms in total. The number of nitrogens with zero attached hydrogens (tertiary/aromatic N) is 3. The summed E-state index contributed by atoms with van der Waals surface area (Å²) in [6, 6.07) is 0. The van der Waals surface area contributed by atoms with Crippen LogP contribution in [0, 0.1) is 0 Å². The van der Waals surface area contributed by atoms with Gasteiger partial charge in [-0.25, -0.2) is 9.97 Å². The van der Waals surface area contributed by atoms with Crippen LogP contribution in [0.5, 0.6) is 0 Å². The minimum Gasteiger partial charge on any atom is -0.378 e. The highest BCUT2D eigenvalue weighted by molar-refractivity contribution is 5.59. The summed E-state index contributed by atoms with van der Waals surface area (Å²) in [5.74, 6) is 1.72. The van der Waals surface area contributed by atoms with Gasteiger partial charge in [0.25, 0.3) is 0 Å². The summed E-state index contributed by atoms with van der Waals surface area (Å²) in [7, 11) is 3.94. The van der Waals surface area contributed by atoms with Gasteiger partial charge in [0.1, 0.15) is 0 Å². The number of ether oxygens (including phenoxy) is 1. The van der Waals surface area contributed by atoms with Crippen molar-refractivity contribution in [3.05, 3.63) is 12.4 Å². The molecule has 1 unspecified atom stereocenters. The summed E-state index contributed by atoms with van der Waals surface area (Å²) in [6.07, 6.45) is 8.55. The minimum absolute atomic E-state index is 0.408. The van der Waals surface area contributed by atoms with Gasteiger partial charge >= 0.3 is 0 Å². The van der Waals surface area contributed by atoms with Crippen LogP contribution in [0.15, 0.2) is 12.4 Å². The van der Waals surface area contributed by atoms with E-state index in [1.54, 1.807) is 12.4 Å². The molecule has 0 spiro atoms. The number of hydrogen-bond donors (Lipinski definition) is 1. The summed E-state index contributed by atoms with van der Waals surface area (Å²) < 4.78 is 5.71. The fourth-order valence-corrected chi connectivity index (χ4v) is 2.17. The molecule has 1 aromatic rings. The van der Waals surface area contributed by atoms with E-state index in [0.717, 1.165) is 31.2 Å². The van der Waals surface area contributed by atoms with Gasteiger partial charge in [-0.3, -0.25) is 0 Å². The molecule has 0 bridgehead atoms. The third-order valence-electron chi connectivity index (χ3n) is 3.14.